The molecule has 0 radical (unpaired) electrons. The molecule has 0 saturated heterocycles. The highest BCUT2D eigenvalue weighted by molar-refractivity contribution is 6.09. The van der Waals surface area contributed by atoms with Gasteiger partial charge in [0.15, 0.2) is 0 Å². The topological polar surface area (TPSA) is 29.5 Å². The van der Waals surface area contributed by atoms with Crippen molar-refractivity contribution in [3.63, 3.8) is 0 Å². The second-order valence-corrected chi connectivity index (χ2v) is 5.66. The molecule has 3 rings (SSSR count). The fourth-order valence-corrected chi connectivity index (χ4v) is 3.00. The van der Waals surface area contributed by atoms with E-state index in [0.29, 0.717) is 0 Å². The smallest absolute Gasteiger partial charge is 0.241 e. The minimum atomic E-state index is -0.647. The van der Waals surface area contributed by atoms with E-state index in [9.17, 15) is 4.79 Å². The van der Waals surface area contributed by atoms with E-state index in [1.54, 1.807) is 12.0 Å². The molecule has 0 spiro atoms. The van der Waals surface area contributed by atoms with E-state index < -0.39 is 5.41 Å². The second kappa shape index (κ2) is 5.34. The Hall–Kier alpha value is -2.55. The third-order valence-electron chi connectivity index (χ3n) is 4.31. The quantitative estimate of drug-likeness (QED) is 0.864. The molecule has 1 heterocycles. The number of fused-ring (bicyclic) bond motifs is 1. The predicted molar refractivity (Wildman–Crippen MR) is 89.2 cm³/mol. The van der Waals surface area contributed by atoms with Crippen molar-refractivity contribution in [2.45, 2.75) is 12.3 Å². The van der Waals surface area contributed by atoms with Gasteiger partial charge in [-0.05, 0) is 24.6 Å². The Kier molecular flexibility index (Phi) is 3.49. The zero-order chi connectivity index (χ0) is 15.7. The molecule has 1 aliphatic heterocycles. The van der Waals surface area contributed by atoms with Gasteiger partial charge in [0.05, 0.1) is 12.5 Å². The van der Waals surface area contributed by atoms with Crippen molar-refractivity contribution >= 4 is 17.7 Å². The van der Waals surface area contributed by atoms with Gasteiger partial charge in [-0.15, -0.1) is 0 Å². The molecule has 22 heavy (non-hydrogen) atoms. The van der Waals surface area contributed by atoms with Gasteiger partial charge in [0, 0.05) is 18.3 Å². The molecule has 1 unspecified atom stereocenters. The van der Waals surface area contributed by atoms with Crippen molar-refractivity contribution in [2.24, 2.45) is 0 Å². The summed E-state index contributed by atoms with van der Waals surface area (Å²) in [6.07, 6.45) is 3.93. The fraction of sp³-hybridized carbons (Fsp3) is 0.211. The minimum absolute atomic E-state index is 0.0832. The zero-order valence-corrected chi connectivity index (χ0v) is 13.0. The first-order valence-electron chi connectivity index (χ1n) is 7.28. The second-order valence-electron chi connectivity index (χ2n) is 5.66. The number of para-hydroxylation sites is 2. The van der Waals surface area contributed by atoms with Crippen molar-refractivity contribution in [2.75, 3.05) is 19.1 Å². The summed E-state index contributed by atoms with van der Waals surface area (Å²) in [5.41, 5.74) is 2.33. The van der Waals surface area contributed by atoms with Crippen LogP contribution in [0.2, 0.25) is 0 Å². The maximum atomic E-state index is 12.7. The van der Waals surface area contributed by atoms with Crippen LogP contribution in [0.4, 0.5) is 5.69 Å². The summed E-state index contributed by atoms with van der Waals surface area (Å²) in [5, 5.41) is 0. The fourth-order valence-electron chi connectivity index (χ4n) is 3.00. The van der Waals surface area contributed by atoms with E-state index in [1.807, 2.05) is 74.7 Å². The number of ether oxygens (including phenoxy) is 1. The first-order valence-corrected chi connectivity index (χ1v) is 7.28. The number of rotatable bonds is 3. The minimum Gasteiger partial charge on any atom is -0.496 e. The molecule has 112 valence electrons. The molecule has 3 heteroatoms. The summed E-state index contributed by atoms with van der Waals surface area (Å²) in [6, 6.07) is 15.7. The average molecular weight is 293 g/mol. The first kappa shape index (κ1) is 14.4. The molecule has 0 fully saturated rings. The summed E-state index contributed by atoms with van der Waals surface area (Å²) in [7, 11) is 3.47. The Labute approximate surface area is 130 Å². The van der Waals surface area contributed by atoms with E-state index in [-0.39, 0.29) is 5.91 Å². The molecule has 1 amide bonds. The van der Waals surface area contributed by atoms with Crippen LogP contribution >= 0.6 is 0 Å². The van der Waals surface area contributed by atoms with Crippen LogP contribution in [-0.2, 0) is 10.2 Å². The molecular weight excluding hydrogens is 274 g/mol. The van der Waals surface area contributed by atoms with E-state index >= 15 is 0 Å². The van der Waals surface area contributed by atoms with Crippen molar-refractivity contribution in [3.8, 4) is 5.75 Å². The molecule has 0 N–H and O–H groups in total. The number of anilines is 1. The summed E-state index contributed by atoms with van der Waals surface area (Å²) in [5.74, 6) is 0.884. The number of benzene rings is 2. The molecule has 2 aromatic rings. The van der Waals surface area contributed by atoms with Gasteiger partial charge in [-0.3, -0.25) is 4.79 Å². The first-order chi connectivity index (χ1) is 10.6. The molecule has 1 aliphatic rings. The van der Waals surface area contributed by atoms with Gasteiger partial charge in [0.1, 0.15) is 5.75 Å². The Balaban J connectivity index is 2.04. The van der Waals surface area contributed by atoms with Crippen LogP contribution in [-0.4, -0.2) is 20.1 Å². The summed E-state index contributed by atoms with van der Waals surface area (Å²) in [6.45, 7) is 1.96. The van der Waals surface area contributed by atoms with Gasteiger partial charge in [0.25, 0.3) is 0 Å². The van der Waals surface area contributed by atoms with E-state index in [2.05, 4.69) is 0 Å². The molecular formula is C19H19NO2. The predicted octanol–water partition coefficient (Wildman–Crippen LogP) is 3.64. The Bertz CT molecular complexity index is 751. The van der Waals surface area contributed by atoms with E-state index in [0.717, 1.165) is 22.6 Å². The lowest BCUT2D eigenvalue weighted by atomic mass is 9.83. The lowest BCUT2D eigenvalue weighted by Crippen LogP contribution is -2.34. The normalized spacial score (nSPS) is 20.5. The molecule has 0 aromatic heterocycles. The third kappa shape index (κ3) is 2.10. The number of methoxy groups -OCH3 is 1. The van der Waals surface area contributed by atoms with E-state index in [1.165, 1.54) is 0 Å². The molecule has 0 bridgehead atoms. The largest absolute Gasteiger partial charge is 0.496 e. The van der Waals surface area contributed by atoms with Crippen LogP contribution in [0.15, 0.2) is 54.6 Å². The number of nitrogens with zero attached hydrogens (tertiary/aromatic N) is 1. The number of carbonyl (C=O) groups is 1. The highest BCUT2D eigenvalue weighted by Crippen LogP contribution is 2.42. The van der Waals surface area contributed by atoms with Crippen molar-refractivity contribution in [1.29, 1.82) is 0 Å². The Morgan fingerprint density at radius 1 is 1.09 bits per heavy atom. The highest BCUT2D eigenvalue weighted by atomic mass is 16.5. The van der Waals surface area contributed by atoms with Gasteiger partial charge in [0.2, 0.25) is 5.91 Å². The third-order valence-corrected chi connectivity index (χ3v) is 4.31. The van der Waals surface area contributed by atoms with E-state index in [4.69, 9.17) is 4.74 Å². The maximum Gasteiger partial charge on any atom is 0.241 e. The Morgan fingerprint density at radius 3 is 2.55 bits per heavy atom. The number of amides is 1. The van der Waals surface area contributed by atoms with Crippen LogP contribution in [0.3, 0.4) is 0 Å². The number of hydrogen-bond donors (Lipinski definition) is 0. The summed E-state index contributed by atoms with van der Waals surface area (Å²) in [4.78, 5) is 14.4. The summed E-state index contributed by atoms with van der Waals surface area (Å²) < 4.78 is 5.36. The van der Waals surface area contributed by atoms with Crippen LogP contribution in [0.5, 0.6) is 5.75 Å². The van der Waals surface area contributed by atoms with Crippen LogP contribution < -0.4 is 9.64 Å². The van der Waals surface area contributed by atoms with Crippen molar-refractivity contribution < 1.29 is 9.53 Å². The van der Waals surface area contributed by atoms with Gasteiger partial charge >= 0.3 is 0 Å². The zero-order valence-electron chi connectivity index (χ0n) is 13.0. The maximum absolute atomic E-state index is 12.7. The number of likely N-dealkylation sites (N-methyl/N-ethyl adjacent to an activating group) is 1. The molecule has 1 atom stereocenters. The highest BCUT2D eigenvalue weighted by Gasteiger charge is 2.43. The molecule has 3 nitrogen and oxygen atoms in total. The summed E-state index contributed by atoms with van der Waals surface area (Å²) >= 11 is 0. The average Bonchev–Trinajstić information content (AvgIpc) is 2.76. The van der Waals surface area contributed by atoms with Crippen LogP contribution in [0.1, 0.15) is 18.1 Å². The van der Waals surface area contributed by atoms with Crippen LogP contribution in [0, 0.1) is 0 Å². The Morgan fingerprint density at radius 2 is 1.77 bits per heavy atom. The number of carbonyl (C=O) groups excluding carboxylic acids is 1. The monoisotopic (exact) mass is 293 g/mol. The standard InChI is InChI=1S/C19H19NO2/c1-19(13-12-14-8-4-7-11-17(14)22-3)15-9-5-6-10-16(15)20(2)18(19)21/h4-13H,1-3H3/b13-12+. The lowest BCUT2D eigenvalue weighted by Gasteiger charge is -2.19. The molecule has 0 aliphatic carbocycles. The van der Waals surface area contributed by atoms with Gasteiger partial charge in [-0.25, -0.2) is 0 Å². The molecule has 0 saturated carbocycles. The SMILES string of the molecule is COc1ccccc1/C=C/C1(C)C(=O)N(C)c2ccccc21. The van der Waals surface area contributed by atoms with Gasteiger partial charge in [-0.2, -0.15) is 0 Å². The lowest BCUT2D eigenvalue weighted by molar-refractivity contribution is -0.120. The number of hydrogen-bond acceptors (Lipinski definition) is 2. The van der Waals surface area contributed by atoms with Gasteiger partial charge in [-0.1, -0.05) is 48.6 Å². The van der Waals surface area contributed by atoms with Crippen molar-refractivity contribution in [1.82, 2.24) is 0 Å². The molecule has 2 aromatic carbocycles. The van der Waals surface area contributed by atoms with Gasteiger partial charge < -0.3 is 9.64 Å². The van der Waals surface area contributed by atoms with Crippen LogP contribution in [0.25, 0.3) is 6.08 Å². The van der Waals surface area contributed by atoms with Crippen molar-refractivity contribution in [3.05, 3.63) is 65.7 Å².